The number of hydrogen-bond donors (Lipinski definition) is 1. The zero-order valence-corrected chi connectivity index (χ0v) is 14.3. The van der Waals surface area contributed by atoms with Gasteiger partial charge in [0.05, 0.1) is 0 Å². The molecule has 3 nitrogen and oxygen atoms in total. The van der Waals surface area contributed by atoms with Gasteiger partial charge in [0.25, 0.3) is 0 Å². The van der Waals surface area contributed by atoms with Gasteiger partial charge in [-0.15, -0.1) is 0 Å². The molecule has 0 heterocycles. The summed E-state index contributed by atoms with van der Waals surface area (Å²) in [7, 11) is 4.34. The average Bonchev–Trinajstić information content (AvgIpc) is 2.63. The van der Waals surface area contributed by atoms with E-state index in [4.69, 9.17) is 0 Å². The standard InChI is InChI=1S/C17H37N3/c1-5-18-17-12-9-7-8-11-16(17)15-20(6-2)14-10-13-19(3)4/h16-18H,5-15H2,1-4H3. The molecule has 0 spiro atoms. The molecule has 1 aliphatic carbocycles. The lowest BCUT2D eigenvalue weighted by Gasteiger charge is -2.31. The van der Waals surface area contributed by atoms with Gasteiger partial charge in [-0.2, -0.15) is 0 Å². The van der Waals surface area contributed by atoms with Crippen molar-refractivity contribution in [1.82, 2.24) is 15.1 Å². The van der Waals surface area contributed by atoms with Crippen LogP contribution in [0.1, 0.15) is 52.4 Å². The van der Waals surface area contributed by atoms with Crippen molar-refractivity contribution >= 4 is 0 Å². The summed E-state index contributed by atoms with van der Waals surface area (Å²) in [6.45, 7) is 10.6. The van der Waals surface area contributed by atoms with E-state index in [9.17, 15) is 0 Å². The van der Waals surface area contributed by atoms with Gasteiger partial charge in [0.2, 0.25) is 0 Å². The van der Waals surface area contributed by atoms with Crippen LogP contribution in [0.15, 0.2) is 0 Å². The van der Waals surface area contributed by atoms with Crippen LogP contribution in [0.5, 0.6) is 0 Å². The topological polar surface area (TPSA) is 18.5 Å². The molecule has 0 aliphatic heterocycles. The molecule has 1 N–H and O–H groups in total. The monoisotopic (exact) mass is 283 g/mol. The van der Waals surface area contributed by atoms with Crippen LogP contribution in [-0.4, -0.2) is 62.7 Å². The van der Waals surface area contributed by atoms with E-state index in [2.05, 4.69) is 43.1 Å². The fraction of sp³-hybridized carbons (Fsp3) is 1.00. The van der Waals surface area contributed by atoms with Crippen molar-refractivity contribution in [2.24, 2.45) is 5.92 Å². The number of rotatable bonds is 9. The van der Waals surface area contributed by atoms with Crippen LogP contribution in [0.4, 0.5) is 0 Å². The smallest absolute Gasteiger partial charge is 0.0107 e. The minimum Gasteiger partial charge on any atom is -0.314 e. The lowest BCUT2D eigenvalue weighted by Crippen LogP contribution is -2.42. The van der Waals surface area contributed by atoms with Gasteiger partial charge >= 0.3 is 0 Å². The molecular weight excluding hydrogens is 246 g/mol. The van der Waals surface area contributed by atoms with E-state index >= 15 is 0 Å². The number of hydrogen-bond acceptors (Lipinski definition) is 3. The van der Waals surface area contributed by atoms with Gasteiger partial charge in [-0.3, -0.25) is 0 Å². The summed E-state index contributed by atoms with van der Waals surface area (Å²) in [5, 5.41) is 3.74. The normalized spacial score (nSPS) is 24.3. The molecule has 0 bridgehead atoms. The molecule has 0 radical (unpaired) electrons. The van der Waals surface area contributed by atoms with E-state index in [-0.39, 0.29) is 0 Å². The molecule has 1 rings (SSSR count). The predicted octanol–water partition coefficient (Wildman–Crippen LogP) is 2.82. The highest BCUT2D eigenvalue weighted by atomic mass is 15.1. The van der Waals surface area contributed by atoms with Crippen molar-refractivity contribution in [3.63, 3.8) is 0 Å². The molecule has 1 aliphatic rings. The van der Waals surface area contributed by atoms with Crippen LogP contribution in [0, 0.1) is 5.92 Å². The second-order valence-electron chi connectivity index (χ2n) is 6.61. The molecule has 0 saturated heterocycles. The second-order valence-corrected chi connectivity index (χ2v) is 6.61. The zero-order valence-electron chi connectivity index (χ0n) is 14.3. The highest BCUT2D eigenvalue weighted by molar-refractivity contribution is 4.81. The average molecular weight is 284 g/mol. The Hall–Kier alpha value is -0.120. The molecule has 0 aromatic heterocycles. The van der Waals surface area contributed by atoms with Crippen molar-refractivity contribution < 1.29 is 0 Å². The van der Waals surface area contributed by atoms with Gasteiger partial charge < -0.3 is 15.1 Å². The fourth-order valence-corrected chi connectivity index (χ4v) is 3.45. The van der Waals surface area contributed by atoms with Crippen molar-refractivity contribution in [3.8, 4) is 0 Å². The van der Waals surface area contributed by atoms with Gasteiger partial charge in [0, 0.05) is 12.6 Å². The van der Waals surface area contributed by atoms with Crippen molar-refractivity contribution in [2.75, 3.05) is 46.8 Å². The third-order valence-corrected chi connectivity index (χ3v) is 4.64. The minimum atomic E-state index is 0.755. The summed E-state index contributed by atoms with van der Waals surface area (Å²) in [6.07, 6.45) is 8.38. The van der Waals surface area contributed by atoms with Crippen LogP contribution in [-0.2, 0) is 0 Å². The predicted molar refractivity (Wildman–Crippen MR) is 89.3 cm³/mol. The Morgan fingerprint density at radius 2 is 1.75 bits per heavy atom. The first kappa shape index (κ1) is 17.9. The lowest BCUT2D eigenvalue weighted by molar-refractivity contribution is 0.194. The molecule has 0 amide bonds. The van der Waals surface area contributed by atoms with Crippen LogP contribution < -0.4 is 5.32 Å². The minimum absolute atomic E-state index is 0.755. The maximum absolute atomic E-state index is 3.74. The first-order valence-corrected chi connectivity index (χ1v) is 8.77. The van der Waals surface area contributed by atoms with Crippen LogP contribution >= 0.6 is 0 Å². The highest BCUT2D eigenvalue weighted by Gasteiger charge is 2.24. The Morgan fingerprint density at radius 1 is 1.00 bits per heavy atom. The molecule has 20 heavy (non-hydrogen) atoms. The first-order valence-electron chi connectivity index (χ1n) is 8.77. The molecule has 0 aromatic rings. The third-order valence-electron chi connectivity index (χ3n) is 4.64. The summed E-state index contributed by atoms with van der Waals surface area (Å²) in [4.78, 5) is 4.96. The van der Waals surface area contributed by atoms with Crippen molar-refractivity contribution in [1.29, 1.82) is 0 Å². The molecule has 0 aromatic carbocycles. The summed E-state index contributed by atoms with van der Waals surface area (Å²) < 4.78 is 0. The fourth-order valence-electron chi connectivity index (χ4n) is 3.45. The van der Waals surface area contributed by atoms with Gasteiger partial charge in [0.1, 0.15) is 0 Å². The molecular formula is C17H37N3. The maximum atomic E-state index is 3.74. The van der Waals surface area contributed by atoms with E-state index < -0.39 is 0 Å². The van der Waals surface area contributed by atoms with Crippen LogP contribution in [0.25, 0.3) is 0 Å². The second kappa shape index (κ2) is 10.6. The highest BCUT2D eigenvalue weighted by Crippen LogP contribution is 2.24. The molecule has 2 unspecified atom stereocenters. The Morgan fingerprint density at radius 3 is 2.40 bits per heavy atom. The molecule has 2 atom stereocenters. The third kappa shape index (κ3) is 7.05. The molecule has 1 fully saturated rings. The lowest BCUT2D eigenvalue weighted by atomic mass is 9.94. The van der Waals surface area contributed by atoms with Crippen LogP contribution in [0.2, 0.25) is 0 Å². The zero-order chi connectivity index (χ0) is 14.8. The molecule has 120 valence electrons. The quantitative estimate of drug-likeness (QED) is 0.657. The maximum Gasteiger partial charge on any atom is 0.0107 e. The van der Waals surface area contributed by atoms with Gasteiger partial charge in [-0.05, 0) is 65.5 Å². The van der Waals surface area contributed by atoms with Crippen LogP contribution in [0.3, 0.4) is 0 Å². The SMILES string of the molecule is CCNC1CCCCCC1CN(CC)CCCN(C)C. The van der Waals surface area contributed by atoms with Crippen molar-refractivity contribution in [3.05, 3.63) is 0 Å². The summed E-state index contributed by atoms with van der Waals surface area (Å²) in [6, 6.07) is 0.755. The Labute approximate surface area is 127 Å². The van der Waals surface area contributed by atoms with E-state index in [1.165, 1.54) is 64.7 Å². The Kier molecular flexibility index (Phi) is 9.49. The van der Waals surface area contributed by atoms with Gasteiger partial charge in [-0.25, -0.2) is 0 Å². The Bertz CT molecular complexity index is 230. The Balaban J connectivity index is 2.42. The number of nitrogens with one attached hydrogen (secondary N) is 1. The largest absolute Gasteiger partial charge is 0.314 e. The first-order chi connectivity index (χ1) is 9.67. The summed E-state index contributed by atoms with van der Waals surface area (Å²) in [5.41, 5.74) is 0. The van der Waals surface area contributed by atoms with E-state index in [1.54, 1.807) is 0 Å². The van der Waals surface area contributed by atoms with Crippen molar-refractivity contribution in [2.45, 2.75) is 58.4 Å². The van der Waals surface area contributed by atoms with E-state index in [1.807, 2.05) is 0 Å². The van der Waals surface area contributed by atoms with E-state index in [0.29, 0.717) is 0 Å². The molecule has 1 saturated carbocycles. The summed E-state index contributed by atoms with van der Waals surface area (Å²) in [5.74, 6) is 0.858. The molecule has 3 heteroatoms. The van der Waals surface area contributed by atoms with Gasteiger partial charge in [0.15, 0.2) is 0 Å². The van der Waals surface area contributed by atoms with E-state index in [0.717, 1.165) is 18.5 Å². The number of nitrogens with zero attached hydrogens (tertiary/aromatic N) is 2. The van der Waals surface area contributed by atoms with Gasteiger partial charge in [-0.1, -0.05) is 33.1 Å². The summed E-state index contributed by atoms with van der Waals surface area (Å²) >= 11 is 0.